The maximum absolute atomic E-state index is 9.38. The average molecular weight is 211 g/mol. The van der Waals surface area contributed by atoms with E-state index >= 15 is 0 Å². The van der Waals surface area contributed by atoms with E-state index in [0.29, 0.717) is 11.9 Å². The molecular weight excluding hydrogens is 194 g/mol. The first-order valence-corrected chi connectivity index (χ1v) is 5.43. The Morgan fingerprint density at radius 3 is 2.73 bits per heavy atom. The van der Waals surface area contributed by atoms with Crippen LogP contribution >= 0.6 is 0 Å². The molecule has 0 saturated heterocycles. The van der Waals surface area contributed by atoms with E-state index in [0.717, 1.165) is 25.7 Å². The molecule has 1 saturated carbocycles. The number of hydrogen-bond acceptors (Lipinski definition) is 5. The zero-order valence-corrected chi connectivity index (χ0v) is 8.85. The third-order valence-electron chi connectivity index (χ3n) is 2.93. The van der Waals surface area contributed by atoms with Gasteiger partial charge in [-0.1, -0.05) is 5.21 Å². The molecule has 6 heteroatoms. The molecule has 0 amide bonds. The molecule has 1 atom stereocenters. The minimum atomic E-state index is -0.108. The van der Waals surface area contributed by atoms with Gasteiger partial charge in [0.2, 0.25) is 0 Å². The first-order chi connectivity index (χ1) is 7.25. The summed E-state index contributed by atoms with van der Waals surface area (Å²) in [5.41, 5.74) is 0. The van der Waals surface area contributed by atoms with Gasteiger partial charge in [0.25, 0.3) is 0 Å². The summed E-state index contributed by atoms with van der Waals surface area (Å²) in [6.45, 7) is 2.02. The van der Waals surface area contributed by atoms with Crippen molar-refractivity contribution in [3.05, 3.63) is 5.82 Å². The zero-order chi connectivity index (χ0) is 10.7. The van der Waals surface area contributed by atoms with Gasteiger partial charge in [0.15, 0.2) is 5.82 Å². The lowest BCUT2D eigenvalue weighted by Crippen LogP contribution is -2.36. The maximum atomic E-state index is 9.38. The van der Waals surface area contributed by atoms with E-state index in [1.807, 2.05) is 6.92 Å². The molecule has 1 aliphatic carbocycles. The molecule has 1 heterocycles. The van der Waals surface area contributed by atoms with Crippen LogP contribution in [-0.4, -0.2) is 37.9 Å². The first kappa shape index (κ1) is 10.5. The average Bonchev–Trinajstić information content (AvgIpc) is 2.74. The molecule has 0 radical (unpaired) electrons. The number of rotatable bonds is 3. The third-order valence-corrected chi connectivity index (χ3v) is 2.93. The van der Waals surface area contributed by atoms with Crippen molar-refractivity contribution in [1.82, 2.24) is 25.9 Å². The van der Waals surface area contributed by atoms with Crippen molar-refractivity contribution < 1.29 is 5.11 Å². The summed E-state index contributed by atoms with van der Waals surface area (Å²) in [6, 6.07) is 0.575. The maximum Gasteiger partial charge on any atom is 0.191 e. The van der Waals surface area contributed by atoms with Crippen LogP contribution < -0.4 is 5.32 Å². The Kier molecular flexibility index (Phi) is 3.27. The highest BCUT2D eigenvalue weighted by Crippen LogP contribution is 2.20. The second kappa shape index (κ2) is 4.67. The van der Waals surface area contributed by atoms with Crippen LogP contribution in [-0.2, 0) is 0 Å². The smallest absolute Gasteiger partial charge is 0.191 e. The second-order valence-corrected chi connectivity index (χ2v) is 4.16. The van der Waals surface area contributed by atoms with Gasteiger partial charge in [-0.05, 0) is 32.6 Å². The van der Waals surface area contributed by atoms with Crippen molar-refractivity contribution >= 4 is 0 Å². The summed E-state index contributed by atoms with van der Waals surface area (Å²) in [7, 11) is 0. The number of aliphatic hydroxyl groups is 1. The molecule has 1 aromatic rings. The van der Waals surface area contributed by atoms with Crippen LogP contribution in [0.2, 0.25) is 0 Å². The standard InChI is InChI=1S/C9H17N5O/c1-6(9-11-13-14-12-9)10-7-2-4-8(15)5-3-7/h6-8,10,15H,2-5H2,1H3,(H,11,12,13,14). The number of H-pyrrole nitrogens is 1. The Bertz CT molecular complexity index is 281. The monoisotopic (exact) mass is 211 g/mol. The molecular formula is C9H17N5O. The van der Waals surface area contributed by atoms with E-state index in [9.17, 15) is 5.11 Å². The lowest BCUT2D eigenvalue weighted by molar-refractivity contribution is 0.114. The molecule has 0 aliphatic heterocycles. The molecule has 15 heavy (non-hydrogen) atoms. The Labute approximate surface area is 88.5 Å². The molecule has 2 rings (SSSR count). The Balaban J connectivity index is 1.82. The zero-order valence-electron chi connectivity index (χ0n) is 8.85. The van der Waals surface area contributed by atoms with Crippen molar-refractivity contribution in [1.29, 1.82) is 0 Å². The topological polar surface area (TPSA) is 86.7 Å². The second-order valence-electron chi connectivity index (χ2n) is 4.16. The molecule has 1 aromatic heterocycles. The van der Waals surface area contributed by atoms with Crippen LogP contribution in [0.5, 0.6) is 0 Å². The van der Waals surface area contributed by atoms with Crippen molar-refractivity contribution in [2.24, 2.45) is 0 Å². The number of nitrogens with zero attached hydrogens (tertiary/aromatic N) is 3. The summed E-state index contributed by atoms with van der Waals surface area (Å²) in [5, 5.41) is 26.7. The van der Waals surface area contributed by atoms with Gasteiger partial charge in [-0.2, -0.15) is 5.21 Å². The highest BCUT2D eigenvalue weighted by atomic mass is 16.3. The quantitative estimate of drug-likeness (QED) is 0.662. The summed E-state index contributed by atoms with van der Waals surface area (Å²) >= 11 is 0. The molecule has 1 fully saturated rings. The largest absolute Gasteiger partial charge is 0.393 e. The fraction of sp³-hybridized carbons (Fsp3) is 0.889. The van der Waals surface area contributed by atoms with Crippen LogP contribution in [0.3, 0.4) is 0 Å². The van der Waals surface area contributed by atoms with Crippen molar-refractivity contribution in [2.75, 3.05) is 0 Å². The summed E-state index contributed by atoms with van der Waals surface area (Å²) in [4.78, 5) is 0. The summed E-state index contributed by atoms with van der Waals surface area (Å²) in [6.07, 6.45) is 3.70. The minimum Gasteiger partial charge on any atom is -0.393 e. The van der Waals surface area contributed by atoms with Crippen LogP contribution in [0.15, 0.2) is 0 Å². The van der Waals surface area contributed by atoms with Gasteiger partial charge in [-0.25, -0.2) is 0 Å². The van der Waals surface area contributed by atoms with E-state index in [-0.39, 0.29) is 12.1 Å². The van der Waals surface area contributed by atoms with Crippen molar-refractivity contribution in [3.8, 4) is 0 Å². The van der Waals surface area contributed by atoms with Crippen molar-refractivity contribution in [3.63, 3.8) is 0 Å². The van der Waals surface area contributed by atoms with Crippen LogP contribution in [0.1, 0.15) is 44.5 Å². The number of tetrazole rings is 1. The van der Waals surface area contributed by atoms with Gasteiger partial charge in [0.05, 0.1) is 12.1 Å². The van der Waals surface area contributed by atoms with E-state index < -0.39 is 0 Å². The summed E-state index contributed by atoms with van der Waals surface area (Å²) in [5.74, 6) is 0.695. The van der Waals surface area contributed by atoms with E-state index in [1.165, 1.54) is 0 Å². The predicted octanol–water partition coefficient (Wildman–Crippen LogP) is 0.154. The molecule has 0 aromatic carbocycles. The molecule has 84 valence electrons. The van der Waals surface area contributed by atoms with Crippen LogP contribution in [0.4, 0.5) is 0 Å². The van der Waals surface area contributed by atoms with E-state index in [1.54, 1.807) is 0 Å². The minimum absolute atomic E-state index is 0.108. The summed E-state index contributed by atoms with van der Waals surface area (Å²) < 4.78 is 0. The molecule has 6 nitrogen and oxygen atoms in total. The lowest BCUT2D eigenvalue weighted by atomic mass is 9.92. The van der Waals surface area contributed by atoms with Crippen LogP contribution in [0.25, 0.3) is 0 Å². The fourth-order valence-electron chi connectivity index (χ4n) is 2.02. The number of aromatic amines is 1. The SMILES string of the molecule is CC(NC1CCC(O)CC1)c1nn[nH]n1. The van der Waals surface area contributed by atoms with Gasteiger partial charge in [-0.3, -0.25) is 0 Å². The highest BCUT2D eigenvalue weighted by Gasteiger charge is 2.21. The van der Waals surface area contributed by atoms with Crippen LogP contribution in [0, 0.1) is 0 Å². The van der Waals surface area contributed by atoms with Gasteiger partial charge in [-0.15, -0.1) is 10.2 Å². The van der Waals surface area contributed by atoms with Gasteiger partial charge in [0.1, 0.15) is 0 Å². The van der Waals surface area contributed by atoms with Gasteiger partial charge in [0, 0.05) is 6.04 Å². The molecule has 3 N–H and O–H groups in total. The number of nitrogens with one attached hydrogen (secondary N) is 2. The predicted molar refractivity (Wildman–Crippen MR) is 54.0 cm³/mol. The Morgan fingerprint density at radius 1 is 1.40 bits per heavy atom. The van der Waals surface area contributed by atoms with Gasteiger partial charge < -0.3 is 10.4 Å². The fourth-order valence-corrected chi connectivity index (χ4v) is 2.02. The number of aliphatic hydroxyl groups excluding tert-OH is 1. The number of hydrogen-bond donors (Lipinski definition) is 3. The normalized spacial score (nSPS) is 28.9. The van der Waals surface area contributed by atoms with E-state index in [4.69, 9.17) is 0 Å². The third kappa shape index (κ3) is 2.73. The molecule has 0 bridgehead atoms. The lowest BCUT2D eigenvalue weighted by Gasteiger charge is -2.28. The first-order valence-electron chi connectivity index (χ1n) is 5.43. The Hall–Kier alpha value is -1.01. The van der Waals surface area contributed by atoms with Gasteiger partial charge >= 0.3 is 0 Å². The number of aromatic nitrogens is 4. The highest BCUT2D eigenvalue weighted by molar-refractivity contribution is 4.89. The Morgan fingerprint density at radius 2 is 2.13 bits per heavy atom. The molecule has 1 unspecified atom stereocenters. The molecule has 0 spiro atoms. The van der Waals surface area contributed by atoms with E-state index in [2.05, 4.69) is 25.9 Å². The molecule has 1 aliphatic rings. The van der Waals surface area contributed by atoms with Crippen molar-refractivity contribution in [2.45, 2.75) is 50.8 Å².